The summed E-state index contributed by atoms with van der Waals surface area (Å²) in [5.74, 6) is 0.478. The zero-order chi connectivity index (χ0) is 22.5. The lowest BCUT2D eigenvalue weighted by atomic mass is 9.63. The standard InChI is InChI=1S/C21H23ClN8OS/c22-16-13(1-5-27-17(16)23)32-19-18(24)29-14(10-28-19)21(25)15-9-12(31)2-8-30(15)11-20(21)3-6-26-7-4-20/h1-2,5,8-10,26H,3-4,6-7,11,25H2,(H2,23,27)(H2,24,29). The van der Waals surface area contributed by atoms with Gasteiger partial charge in [-0.1, -0.05) is 23.4 Å². The van der Waals surface area contributed by atoms with E-state index < -0.39 is 5.54 Å². The molecule has 5 rings (SSSR count). The van der Waals surface area contributed by atoms with Crippen LogP contribution in [0.15, 0.2) is 51.5 Å². The number of fused-ring (bicyclic) bond motifs is 1. The third-order valence-corrected chi connectivity index (χ3v) is 8.11. The Morgan fingerprint density at radius 3 is 2.69 bits per heavy atom. The first-order chi connectivity index (χ1) is 15.3. The Morgan fingerprint density at radius 1 is 1.16 bits per heavy atom. The van der Waals surface area contributed by atoms with Crippen molar-refractivity contribution in [2.45, 2.75) is 34.8 Å². The molecule has 9 nitrogen and oxygen atoms in total. The number of hydrogen-bond acceptors (Lipinski definition) is 9. The molecule has 11 heteroatoms. The van der Waals surface area contributed by atoms with Crippen molar-refractivity contribution in [2.75, 3.05) is 24.6 Å². The van der Waals surface area contributed by atoms with Crippen LogP contribution in [-0.4, -0.2) is 32.6 Å². The van der Waals surface area contributed by atoms with E-state index in [9.17, 15) is 4.79 Å². The molecule has 0 saturated carbocycles. The summed E-state index contributed by atoms with van der Waals surface area (Å²) in [5, 5.41) is 4.24. The highest BCUT2D eigenvalue weighted by molar-refractivity contribution is 7.99. The van der Waals surface area contributed by atoms with E-state index in [1.807, 2.05) is 6.20 Å². The van der Waals surface area contributed by atoms with E-state index >= 15 is 0 Å². The van der Waals surface area contributed by atoms with Crippen molar-refractivity contribution < 1.29 is 0 Å². The van der Waals surface area contributed by atoms with Gasteiger partial charge in [0, 0.05) is 47.1 Å². The number of nitrogens with one attached hydrogen (secondary N) is 1. The van der Waals surface area contributed by atoms with Gasteiger partial charge in [0.2, 0.25) is 0 Å². The molecule has 32 heavy (non-hydrogen) atoms. The van der Waals surface area contributed by atoms with Crippen molar-refractivity contribution in [3.8, 4) is 0 Å². The molecule has 166 valence electrons. The summed E-state index contributed by atoms with van der Waals surface area (Å²) >= 11 is 7.53. The van der Waals surface area contributed by atoms with Gasteiger partial charge >= 0.3 is 0 Å². The van der Waals surface area contributed by atoms with E-state index in [1.165, 1.54) is 11.8 Å². The fraction of sp³-hybridized carbons (Fsp3) is 0.333. The molecular formula is C21H23ClN8OS. The summed E-state index contributed by atoms with van der Waals surface area (Å²) in [6.07, 6.45) is 6.75. The van der Waals surface area contributed by atoms with Crippen LogP contribution in [0.5, 0.6) is 0 Å². The van der Waals surface area contributed by atoms with Crippen LogP contribution in [0.1, 0.15) is 24.2 Å². The summed E-state index contributed by atoms with van der Waals surface area (Å²) in [5.41, 5.74) is 19.2. The number of anilines is 2. The smallest absolute Gasteiger partial charge is 0.181 e. The van der Waals surface area contributed by atoms with Crippen LogP contribution in [0.2, 0.25) is 5.02 Å². The van der Waals surface area contributed by atoms with Gasteiger partial charge in [-0.15, -0.1) is 0 Å². The fourth-order valence-corrected chi connectivity index (χ4v) is 5.87. The van der Waals surface area contributed by atoms with Crippen molar-refractivity contribution in [3.05, 3.63) is 63.4 Å². The maximum absolute atomic E-state index is 12.2. The molecule has 1 unspecified atom stereocenters. The number of piperidine rings is 1. The Kier molecular flexibility index (Phi) is 5.12. The minimum atomic E-state index is -0.988. The van der Waals surface area contributed by atoms with Gasteiger partial charge in [0.1, 0.15) is 16.4 Å². The highest BCUT2D eigenvalue weighted by atomic mass is 35.5. The molecule has 2 aliphatic heterocycles. The number of nitrogen functional groups attached to an aromatic ring is 2. The number of aromatic nitrogens is 4. The Morgan fingerprint density at radius 2 is 1.94 bits per heavy atom. The minimum absolute atomic E-state index is 0.0879. The second kappa shape index (κ2) is 7.73. The normalized spacial score (nSPS) is 21.6. The van der Waals surface area contributed by atoms with Gasteiger partial charge in [-0.05, 0) is 32.0 Å². The molecule has 3 aromatic heterocycles. The van der Waals surface area contributed by atoms with Gasteiger partial charge in [0.15, 0.2) is 11.2 Å². The first-order valence-electron chi connectivity index (χ1n) is 10.3. The minimum Gasteiger partial charge on any atom is -0.382 e. The molecule has 5 heterocycles. The Balaban J connectivity index is 1.59. The van der Waals surface area contributed by atoms with Crippen molar-refractivity contribution >= 4 is 35.0 Å². The molecule has 0 aliphatic carbocycles. The molecule has 0 aromatic carbocycles. The largest absolute Gasteiger partial charge is 0.382 e. The number of rotatable bonds is 3. The van der Waals surface area contributed by atoms with Crippen LogP contribution >= 0.6 is 23.4 Å². The van der Waals surface area contributed by atoms with Gasteiger partial charge in [0.05, 0.1) is 16.9 Å². The van der Waals surface area contributed by atoms with Crippen LogP contribution in [0.3, 0.4) is 0 Å². The topological polar surface area (TPSA) is 151 Å². The average Bonchev–Trinajstić information content (AvgIpc) is 3.01. The molecule has 1 spiro atoms. The Bertz CT molecular complexity index is 1260. The zero-order valence-electron chi connectivity index (χ0n) is 17.2. The number of nitrogens with two attached hydrogens (primary N) is 3. The number of pyridine rings is 2. The molecule has 3 aromatic rings. The van der Waals surface area contributed by atoms with E-state index in [0.717, 1.165) is 31.6 Å². The second-order valence-electron chi connectivity index (χ2n) is 8.27. The molecule has 0 amide bonds. The monoisotopic (exact) mass is 470 g/mol. The first-order valence-corrected chi connectivity index (χ1v) is 11.4. The molecule has 1 fully saturated rings. The molecule has 7 N–H and O–H groups in total. The summed E-state index contributed by atoms with van der Waals surface area (Å²) in [6, 6.07) is 4.91. The van der Waals surface area contributed by atoms with E-state index in [1.54, 1.807) is 30.6 Å². The van der Waals surface area contributed by atoms with Gasteiger partial charge < -0.3 is 27.1 Å². The van der Waals surface area contributed by atoms with Crippen LogP contribution in [0.25, 0.3) is 0 Å². The Hall–Kier alpha value is -2.66. The molecule has 1 atom stereocenters. The highest BCUT2D eigenvalue weighted by Crippen LogP contribution is 2.53. The maximum Gasteiger partial charge on any atom is 0.181 e. The van der Waals surface area contributed by atoms with E-state index in [4.69, 9.17) is 33.8 Å². The van der Waals surface area contributed by atoms with Crippen LogP contribution in [0.4, 0.5) is 11.6 Å². The average molecular weight is 471 g/mol. The summed E-state index contributed by atoms with van der Waals surface area (Å²) in [4.78, 5) is 26.2. The van der Waals surface area contributed by atoms with E-state index in [-0.39, 0.29) is 22.5 Å². The van der Waals surface area contributed by atoms with Crippen molar-refractivity contribution in [3.63, 3.8) is 0 Å². The highest BCUT2D eigenvalue weighted by Gasteiger charge is 2.58. The number of nitrogens with zero attached hydrogens (tertiary/aromatic N) is 4. The van der Waals surface area contributed by atoms with Crippen molar-refractivity contribution in [1.82, 2.24) is 24.8 Å². The van der Waals surface area contributed by atoms with Gasteiger partial charge in [-0.3, -0.25) is 4.79 Å². The number of hydrogen-bond donors (Lipinski definition) is 4. The molecule has 2 aliphatic rings. The lowest BCUT2D eigenvalue weighted by Gasteiger charge is -2.45. The fourth-order valence-electron chi connectivity index (χ4n) is 4.86. The molecular weight excluding hydrogens is 448 g/mol. The predicted molar refractivity (Wildman–Crippen MR) is 124 cm³/mol. The Labute approximate surface area is 193 Å². The van der Waals surface area contributed by atoms with Crippen molar-refractivity contribution in [1.29, 1.82) is 0 Å². The van der Waals surface area contributed by atoms with Gasteiger partial charge in [-0.25, -0.2) is 15.0 Å². The van der Waals surface area contributed by atoms with E-state index in [2.05, 4.69) is 19.9 Å². The van der Waals surface area contributed by atoms with Crippen LogP contribution in [-0.2, 0) is 12.1 Å². The lowest BCUT2D eigenvalue weighted by molar-refractivity contribution is 0.109. The summed E-state index contributed by atoms with van der Waals surface area (Å²) < 4.78 is 2.06. The van der Waals surface area contributed by atoms with Crippen LogP contribution < -0.4 is 27.9 Å². The first kappa shape index (κ1) is 21.2. The van der Waals surface area contributed by atoms with Gasteiger partial charge in [0.25, 0.3) is 0 Å². The van der Waals surface area contributed by atoms with Crippen molar-refractivity contribution in [2.24, 2.45) is 11.1 Å². The zero-order valence-corrected chi connectivity index (χ0v) is 18.8. The molecule has 1 saturated heterocycles. The molecule has 0 radical (unpaired) electrons. The van der Waals surface area contributed by atoms with E-state index in [0.29, 0.717) is 27.2 Å². The third kappa shape index (κ3) is 3.17. The maximum atomic E-state index is 12.2. The number of halogens is 1. The summed E-state index contributed by atoms with van der Waals surface area (Å²) in [7, 11) is 0. The molecule has 0 bridgehead atoms. The SMILES string of the molecule is Nc1nc(C2(N)c3cc(=O)ccn3CC23CCNCC3)cnc1Sc1ccnc(N)c1Cl. The quantitative estimate of drug-likeness (QED) is 0.447. The second-order valence-corrected chi connectivity index (χ2v) is 9.68. The summed E-state index contributed by atoms with van der Waals surface area (Å²) in [6.45, 7) is 2.40. The third-order valence-electron chi connectivity index (χ3n) is 6.54. The predicted octanol–water partition coefficient (Wildman–Crippen LogP) is 1.59. The van der Waals surface area contributed by atoms with Gasteiger partial charge in [-0.2, -0.15) is 0 Å². The lowest BCUT2D eigenvalue weighted by Crippen LogP contribution is -2.55. The van der Waals surface area contributed by atoms with Crippen LogP contribution in [0, 0.1) is 5.41 Å².